The number of rotatable bonds is 8. The van der Waals surface area contributed by atoms with E-state index < -0.39 is 0 Å². The molecular weight excluding hydrogens is 337 g/mol. The summed E-state index contributed by atoms with van der Waals surface area (Å²) < 4.78 is 1.35. The molecule has 0 aliphatic heterocycles. The van der Waals surface area contributed by atoms with Crippen LogP contribution < -0.4 is 0 Å². The molecular formula is C12H28HfN+5. The zero-order valence-electron chi connectivity index (χ0n) is 10.6. The van der Waals surface area contributed by atoms with Crippen LogP contribution in [0.5, 0.6) is 0 Å². The number of unbranched alkanes of at least 4 members (excludes halogenated alkanes) is 2. The van der Waals surface area contributed by atoms with Crippen molar-refractivity contribution in [1.82, 2.24) is 0 Å². The van der Waals surface area contributed by atoms with Gasteiger partial charge in [0.2, 0.25) is 0 Å². The van der Waals surface area contributed by atoms with Gasteiger partial charge in [0.15, 0.2) is 0 Å². The molecule has 80 valence electrons. The van der Waals surface area contributed by atoms with E-state index in [0.29, 0.717) is 0 Å². The van der Waals surface area contributed by atoms with E-state index in [1.165, 1.54) is 56.3 Å². The Morgan fingerprint density at radius 1 is 0.714 bits per heavy atom. The molecule has 0 heterocycles. The Hall–Kier alpha value is 0.830. The van der Waals surface area contributed by atoms with Crippen molar-refractivity contribution < 1.29 is 30.3 Å². The van der Waals surface area contributed by atoms with Gasteiger partial charge in [-0.15, -0.1) is 0 Å². The van der Waals surface area contributed by atoms with Crippen LogP contribution in [0.3, 0.4) is 0 Å². The molecule has 0 amide bonds. The van der Waals surface area contributed by atoms with E-state index in [2.05, 4.69) is 27.7 Å². The maximum atomic E-state index is 2.34. The van der Waals surface area contributed by atoms with Crippen molar-refractivity contribution in [3.63, 3.8) is 0 Å². The molecule has 0 aromatic rings. The van der Waals surface area contributed by atoms with E-state index in [1.807, 2.05) is 0 Å². The molecule has 0 radical (unpaired) electrons. The van der Waals surface area contributed by atoms with Crippen LogP contribution in [-0.4, -0.2) is 30.7 Å². The van der Waals surface area contributed by atoms with E-state index in [9.17, 15) is 0 Å². The van der Waals surface area contributed by atoms with Crippen LogP contribution in [0.25, 0.3) is 0 Å². The van der Waals surface area contributed by atoms with Crippen molar-refractivity contribution >= 4 is 0 Å². The molecule has 2 heteroatoms. The van der Waals surface area contributed by atoms with Crippen LogP contribution in [-0.2, 0) is 25.8 Å². The third-order valence-corrected chi connectivity index (χ3v) is 3.31. The fourth-order valence-corrected chi connectivity index (χ4v) is 1.95. The molecule has 0 unspecified atom stereocenters. The molecule has 0 saturated heterocycles. The van der Waals surface area contributed by atoms with Crippen LogP contribution >= 0.6 is 0 Å². The van der Waals surface area contributed by atoms with Crippen LogP contribution in [0.2, 0.25) is 0 Å². The molecule has 0 aliphatic carbocycles. The topological polar surface area (TPSA) is 0 Å². The Labute approximate surface area is 110 Å². The molecule has 0 saturated carbocycles. The summed E-state index contributed by atoms with van der Waals surface area (Å²) in [4.78, 5) is 0. The van der Waals surface area contributed by atoms with Gasteiger partial charge < -0.3 is 4.48 Å². The second kappa shape index (κ2) is 10.4. The van der Waals surface area contributed by atoms with E-state index in [4.69, 9.17) is 0 Å². The number of hydrogen-bond donors (Lipinski definition) is 0. The smallest absolute Gasteiger partial charge is 0.324 e. The van der Waals surface area contributed by atoms with E-state index in [1.54, 1.807) is 0 Å². The van der Waals surface area contributed by atoms with Gasteiger partial charge in [0.1, 0.15) is 0 Å². The Morgan fingerprint density at radius 3 is 1.29 bits per heavy atom. The molecule has 0 spiro atoms. The van der Waals surface area contributed by atoms with Gasteiger partial charge in [0, 0.05) is 0 Å². The summed E-state index contributed by atoms with van der Waals surface area (Å²) in [6.45, 7) is 14.7. The van der Waals surface area contributed by atoms with Gasteiger partial charge >= 0.3 is 25.8 Å². The van der Waals surface area contributed by atoms with Crippen LogP contribution in [0.4, 0.5) is 0 Å². The van der Waals surface area contributed by atoms with Crippen molar-refractivity contribution in [3.8, 4) is 0 Å². The summed E-state index contributed by atoms with van der Waals surface area (Å²) in [7, 11) is 0. The van der Waals surface area contributed by atoms with Crippen molar-refractivity contribution in [3.05, 3.63) is 0 Å². The number of hydrogen-bond acceptors (Lipinski definition) is 0. The van der Waals surface area contributed by atoms with E-state index >= 15 is 0 Å². The maximum Gasteiger partial charge on any atom is 4.00 e. The molecule has 0 N–H and O–H groups in total. The Bertz CT molecular complexity index is 101. The largest absolute Gasteiger partial charge is 4.00 e. The molecule has 0 aliphatic rings. The number of nitrogens with zero attached hydrogens (tertiary/aromatic N) is 1. The summed E-state index contributed by atoms with van der Waals surface area (Å²) >= 11 is 0. The quantitative estimate of drug-likeness (QED) is 0.457. The first-order valence-corrected chi connectivity index (χ1v) is 6.09. The molecule has 0 fully saturated rings. The zero-order chi connectivity index (χ0) is 10.2. The summed E-state index contributed by atoms with van der Waals surface area (Å²) in [5.41, 5.74) is 0. The normalized spacial score (nSPS) is 11.1. The third-order valence-electron chi connectivity index (χ3n) is 3.31. The average Bonchev–Trinajstić information content (AvgIpc) is 2.20. The SMILES string of the molecule is CCCC[N+](CC)(CC)CCCC.[Hf+4]. The van der Waals surface area contributed by atoms with Gasteiger partial charge in [-0.25, -0.2) is 0 Å². The van der Waals surface area contributed by atoms with Crippen LogP contribution in [0.1, 0.15) is 53.4 Å². The molecule has 0 bridgehead atoms. The first-order valence-electron chi connectivity index (χ1n) is 6.09. The van der Waals surface area contributed by atoms with Gasteiger partial charge in [-0.2, -0.15) is 0 Å². The third kappa shape index (κ3) is 6.34. The van der Waals surface area contributed by atoms with Crippen molar-refractivity contribution in [2.24, 2.45) is 0 Å². The molecule has 0 rings (SSSR count). The van der Waals surface area contributed by atoms with E-state index in [-0.39, 0.29) is 25.8 Å². The van der Waals surface area contributed by atoms with Crippen molar-refractivity contribution in [2.45, 2.75) is 53.4 Å². The van der Waals surface area contributed by atoms with Gasteiger partial charge in [0.25, 0.3) is 0 Å². The Kier molecular flexibility index (Phi) is 12.7. The minimum Gasteiger partial charge on any atom is -0.324 e. The van der Waals surface area contributed by atoms with Gasteiger partial charge in [-0.1, -0.05) is 26.7 Å². The fraction of sp³-hybridized carbons (Fsp3) is 1.00. The Morgan fingerprint density at radius 2 is 1.07 bits per heavy atom. The summed E-state index contributed by atoms with van der Waals surface area (Å²) in [6.07, 6.45) is 5.47. The summed E-state index contributed by atoms with van der Waals surface area (Å²) in [5.74, 6) is 0. The molecule has 14 heavy (non-hydrogen) atoms. The molecule has 1 nitrogen and oxygen atoms in total. The molecule has 0 atom stereocenters. The van der Waals surface area contributed by atoms with E-state index in [0.717, 1.165) is 0 Å². The van der Waals surface area contributed by atoms with Gasteiger partial charge in [-0.05, 0) is 26.7 Å². The van der Waals surface area contributed by atoms with Gasteiger partial charge in [0.05, 0.1) is 26.2 Å². The second-order valence-corrected chi connectivity index (χ2v) is 4.13. The monoisotopic (exact) mass is 366 g/mol. The molecule has 0 aromatic carbocycles. The summed E-state index contributed by atoms with van der Waals surface area (Å²) in [6, 6.07) is 0. The predicted octanol–water partition coefficient (Wildman–Crippen LogP) is 3.44. The van der Waals surface area contributed by atoms with Crippen LogP contribution in [0, 0.1) is 0 Å². The maximum absolute atomic E-state index is 2.34. The first kappa shape index (κ1) is 17.2. The van der Waals surface area contributed by atoms with Crippen molar-refractivity contribution in [1.29, 1.82) is 0 Å². The first-order chi connectivity index (χ1) is 6.24. The average molecular weight is 365 g/mol. The van der Waals surface area contributed by atoms with Gasteiger partial charge in [-0.3, -0.25) is 0 Å². The predicted molar refractivity (Wildman–Crippen MR) is 60.9 cm³/mol. The minimum atomic E-state index is 0. The molecule has 0 aromatic heterocycles. The zero-order valence-corrected chi connectivity index (χ0v) is 14.2. The minimum absolute atomic E-state index is 0. The van der Waals surface area contributed by atoms with Crippen LogP contribution in [0.15, 0.2) is 0 Å². The van der Waals surface area contributed by atoms with Crippen molar-refractivity contribution in [2.75, 3.05) is 26.2 Å². The Balaban J connectivity index is 0. The fourth-order valence-electron chi connectivity index (χ4n) is 1.95. The standard InChI is InChI=1S/C12H28N.Hf/c1-5-9-11-13(7-3,8-4)12-10-6-2;/h5-12H2,1-4H3;/q+1;+4. The summed E-state index contributed by atoms with van der Waals surface area (Å²) in [5, 5.41) is 0. The second-order valence-electron chi connectivity index (χ2n) is 4.13. The number of quaternary nitrogens is 1.